The van der Waals surface area contributed by atoms with E-state index in [0.717, 1.165) is 32.8 Å². The van der Waals surface area contributed by atoms with Crippen LogP contribution in [-0.4, -0.2) is 42.3 Å². The van der Waals surface area contributed by atoms with Gasteiger partial charge in [-0.05, 0) is 31.5 Å². The summed E-state index contributed by atoms with van der Waals surface area (Å²) in [5, 5.41) is 2.74. The summed E-state index contributed by atoms with van der Waals surface area (Å²) in [4.78, 5) is 2.52. The molecule has 3 nitrogen and oxygen atoms in total. The fourth-order valence-corrected chi connectivity index (χ4v) is 3.67. The van der Waals surface area contributed by atoms with Gasteiger partial charge < -0.3 is 9.30 Å². The van der Waals surface area contributed by atoms with Crippen molar-refractivity contribution in [1.29, 1.82) is 0 Å². The summed E-state index contributed by atoms with van der Waals surface area (Å²) >= 11 is 0. The SMILES string of the molecule is Cl.c1ccc2c(c1)c1ccccc1n2CCCCN1CCOCC1. The van der Waals surface area contributed by atoms with E-state index in [-0.39, 0.29) is 12.4 Å². The van der Waals surface area contributed by atoms with Crippen LogP contribution in [0.25, 0.3) is 21.8 Å². The number of unbranched alkanes of at least 4 members (excludes halogenated alkanes) is 1. The molecule has 1 saturated heterocycles. The van der Waals surface area contributed by atoms with Crippen LogP contribution in [0.15, 0.2) is 48.5 Å². The van der Waals surface area contributed by atoms with Crippen LogP contribution in [0.3, 0.4) is 0 Å². The first-order valence-corrected chi connectivity index (χ1v) is 8.69. The fourth-order valence-electron chi connectivity index (χ4n) is 3.67. The van der Waals surface area contributed by atoms with Gasteiger partial charge in [0.25, 0.3) is 0 Å². The van der Waals surface area contributed by atoms with Gasteiger partial charge in [0, 0.05) is 41.4 Å². The van der Waals surface area contributed by atoms with E-state index in [1.165, 1.54) is 41.2 Å². The molecule has 0 N–H and O–H groups in total. The Morgan fingerprint density at radius 3 is 1.92 bits per heavy atom. The molecule has 0 aliphatic carbocycles. The molecule has 0 amide bonds. The molecule has 0 atom stereocenters. The topological polar surface area (TPSA) is 17.4 Å². The van der Waals surface area contributed by atoms with E-state index in [1.807, 2.05) is 0 Å². The Morgan fingerprint density at radius 2 is 1.29 bits per heavy atom. The maximum Gasteiger partial charge on any atom is 0.0594 e. The standard InChI is InChI=1S/C20H24N2O.ClH/c1-3-9-19-17(7-1)18-8-2-4-10-20(18)22(19)12-6-5-11-21-13-15-23-16-14-21;/h1-4,7-10H,5-6,11-16H2;1H. The second-order valence-electron chi connectivity index (χ2n) is 6.35. The average molecular weight is 345 g/mol. The third-order valence-electron chi connectivity index (χ3n) is 4.89. The van der Waals surface area contributed by atoms with Gasteiger partial charge in [-0.15, -0.1) is 12.4 Å². The molecule has 1 aromatic heterocycles. The molecule has 0 radical (unpaired) electrons. The van der Waals surface area contributed by atoms with Crippen LogP contribution in [-0.2, 0) is 11.3 Å². The van der Waals surface area contributed by atoms with Gasteiger partial charge in [0.1, 0.15) is 0 Å². The molecule has 1 aliphatic rings. The van der Waals surface area contributed by atoms with Gasteiger partial charge in [0.15, 0.2) is 0 Å². The number of morpholine rings is 1. The van der Waals surface area contributed by atoms with Crippen molar-refractivity contribution in [2.24, 2.45) is 0 Å². The van der Waals surface area contributed by atoms with Gasteiger partial charge in [-0.1, -0.05) is 36.4 Å². The molecule has 0 unspecified atom stereocenters. The highest BCUT2D eigenvalue weighted by molar-refractivity contribution is 6.07. The van der Waals surface area contributed by atoms with Gasteiger partial charge in [-0.25, -0.2) is 0 Å². The van der Waals surface area contributed by atoms with E-state index in [1.54, 1.807) is 0 Å². The largest absolute Gasteiger partial charge is 0.379 e. The summed E-state index contributed by atoms with van der Waals surface area (Å²) in [6.45, 7) is 6.27. The number of hydrogen-bond donors (Lipinski definition) is 0. The summed E-state index contributed by atoms with van der Waals surface area (Å²) in [6.07, 6.45) is 2.47. The number of nitrogens with zero attached hydrogens (tertiary/aromatic N) is 2. The summed E-state index contributed by atoms with van der Waals surface area (Å²) in [5.74, 6) is 0. The van der Waals surface area contributed by atoms with Gasteiger partial charge in [0.2, 0.25) is 0 Å². The second kappa shape index (κ2) is 8.02. The van der Waals surface area contributed by atoms with Gasteiger partial charge in [0.05, 0.1) is 13.2 Å². The van der Waals surface area contributed by atoms with E-state index in [9.17, 15) is 0 Å². The number of para-hydroxylation sites is 2. The van der Waals surface area contributed by atoms with Crippen LogP contribution < -0.4 is 0 Å². The molecule has 0 spiro atoms. The molecule has 1 aliphatic heterocycles. The zero-order valence-electron chi connectivity index (χ0n) is 14.0. The van der Waals surface area contributed by atoms with Crippen molar-refractivity contribution < 1.29 is 4.74 Å². The number of aromatic nitrogens is 1. The lowest BCUT2D eigenvalue weighted by molar-refractivity contribution is 0.0371. The molecule has 1 fully saturated rings. The number of ether oxygens (including phenoxy) is 1. The number of fused-ring (bicyclic) bond motifs is 3. The normalized spacial score (nSPS) is 15.7. The predicted molar refractivity (Wildman–Crippen MR) is 103 cm³/mol. The summed E-state index contributed by atoms with van der Waals surface area (Å²) in [6, 6.07) is 17.5. The average Bonchev–Trinajstić information content (AvgIpc) is 2.94. The fraction of sp³-hybridized carbons (Fsp3) is 0.400. The Bertz CT molecular complexity index is 739. The Hall–Kier alpha value is -1.55. The third-order valence-corrected chi connectivity index (χ3v) is 4.89. The van der Waals surface area contributed by atoms with Gasteiger partial charge in [-0.3, -0.25) is 4.90 Å². The van der Waals surface area contributed by atoms with Gasteiger partial charge >= 0.3 is 0 Å². The van der Waals surface area contributed by atoms with E-state index in [4.69, 9.17) is 4.74 Å². The highest BCUT2D eigenvalue weighted by Crippen LogP contribution is 2.28. The zero-order valence-corrected chi connectivity index (χ0v) is 14.8. The maximum atomic E-state index is 5.42. The highest BCUT2D eigenvalue weighted by Gasteiger charge is 2.11. The Labute approximate surface area is 149 Å². The summed E-state index contributed by atoms with van der Waals surface area (Å²) < 4.78 is 7.91. The van der Waals surface area contributed by atoms with Gasteiger partial charge in [-0.2, -0.15) is 0 Å². The minimum absolute atomic E-state index is 0. The minimum atomic E-state index is 0. The van der Waals surface area contributed by atoms with Crippen molar-refractivity contribution in [2.45, 2.75) is 19.4 Å². The number of hydrogen-bond acceptors (Lipinski definition) is 2. The lowest BCUT2D eigenvalue weighted by Gasteiger charge is -2.26. The van der Waals surface area contributed by atoms with Crippen LogP contribution in [0.5, 0.6) is 0 Å². The van der Waals surface area contributed by atoms with Crippen molar-refractivity contribution in [3.8, 4) is 0 Å². The number of benzene rings is 2. The second-order valence-corrected chi connectivity index (χ2v) is 6.35. The smallest absolute Gasteiger partial charge is 0.0594 e. The van der Waals surface area contributed by atoms with Crippen LogP contribution in [0.4, 0.5) is 0 Å². The van der Waals surface area contributed by atoms with Crippen molar-refractivity contribution >= 4 is 34.2 Å². The van der Waals surface area contributed by atoms with Crippen LogP contribution >= 0.6 is 12.4 Å². The quantitative estimate of drug-likeness (QED) is 0.641. The zero-order chi connectivity index (χ0) is 15.5. The van der Waals surface area contributed by atoms with Crippen LogP contribution in [0.1, 0.15) is 12.8 Å². The van der Waals surface area contributed by atoms with Crippen molar-refractivity contribution in [3.05, 3.63) is 48.5 Å². The molecule has 0 bridgehead atoms. The monoisotopic (exact) mass is 344 g/mol. The Balaban J connectivity index is 0.00000169. The molecule has 3 aromatic rings. The highest BCUT2D eigenvalue weighted by atomic mass is 35.5. The molecule has 0 saturated carbocycles. The van der Waals surface area contributed by atoms with E-state index in [2.05, 4.69) is 58.0 Å². The number of aryl methyl sites for hydroxylation is 1. The molecule has 4 rings (SSSR count). The van der Waals surface area contributed by atoms with Crippen molar-refractivity contribution in [2.75, 3.05) is 32.8 Å². The Morgan fingerprint density at radius 1 is 0.750 bits per heavy atom. The molecular weight excluding hydrogens is 320 g/mol. The van der Waals surface area contributed by atoms with E-state index in [0.29, 0.717) is 0 Å². The number of halogens is 1. The molecule has 2 aromatic carbocycles. The molecule has 128 valence electrons. The molecular formula is C20H25ClN2O. The van der Waals surface area contributed by atoms with Crippen molar-refractivity contribution in [3.63, 3.8) is 0 Å². The molecule has 4 heteroatoms. The molecule has 2 heterocycles. The predicted octanol–water partition coefficient (Wildman–Crippen LogP) is 4.33. The number of rotatable bonds is 5. The minimum Gasteiger partial charge on any atom is -0.379 e. The Kier molecular flexibility index (Phi) is 5.77. The summed E-state index contributed by atoms with van der Waals surface area (Å²) in [5.41, 5.74) is 2.72. The third kappa shape index (κ3) is 3.44. The van der Waals surface area contributed by atoms with E-state index >= 15 is 0 Å². The maximum absolute atomic E-state index is 5.42. The van der Waals surface area contributed by atoms with E-state index < -0.39 is 0 Å². The van der Waals surface area contributed by atoms with Crippen molar-refractivity contribution in [1.82, 2.24) is 9.47 Å². The van der Waals surface area contributed by atoms with Crippen LogP contribution in [0, 0.1) is 0 Å². The lowest BCUT2D eigenvalue weighted by Crippen LogP contribution is -2.36. The first-order chi connectivity index (χ1) is 11.4. The van der Waals surface area contributed by atoms with Crippen LogP contribution in [0.2, 0.25) is 0 Å². The first kappa shape index (κ1) is 17.3. The lowest BCUT2D eigenvalue weighted by atomic mass is 10.2. The first-order valence-electron chi connectivity index (χ1n) is 8.69. The molecule has 24 heavy (non-hydrogen) atoms. The summed E-state index contributed by atoms with van der Waals surface area (Å²) in [7, 11) is 0.